The number of fused-ring (bicyclic) bond motifs is 2. The minimum atomic E-state index is -4.32. The molecule has 0 aliphatic rings. The molecule has 12 nitrogen and oxygen atoms in total. The molecule has 2 aromatic heterocycles. The van der Waals surface area contributed by atoms with Crippen molar-refractivity contribution in [3.8, 4) is 0 Å². The molecule has 1 amide bonds. The van der Waals surface area contributed by atoms with E-state index in [9.17, 15) is 22.8 Å². The number of nitrogens with zero attached hydrogens (tertiary/aromatic N) is 3. The average molecular weight is 656 g/mol. The molecule has 0 radical (unpaired) electrons. The Hall–Kier alpha value is -5.56. The molecule has 0 spiro atoms. The van der Waals surface area contributed by atoms with Gasteiger partial charge in [0.25, 0.3) is 10.0 Å². The zero-order chi connectivity index (χ0) is 33.7. The molecule has 0 fully saturated rings. The smallest absolute Gasteiger partial charge is 0.412 e. The third-order valence-electron chi connectivity index (χ3n) is 7.60. The normalized spacial score (nSPS) is 11.3. The van der Waals surface area contributed by atoms with Gasteiger partial charge in [-0.1, -0.05) is 42.5 Å². The van der Waals surface area contributed by atoms with Crippen molar-refractivity contribution >= 4 is 61.2 Å². The number of ether oxygens (including phenoxy) is 2. The highest BCUT2D eigenvalue weighted by atomic mass is 32.2. The number of esters is 1. The quantitative estimate of drug-likeness (QED) is 0.0872. The second kappa shape index (κ2) is 13.8. The molecular formula is C34H33N5O7S. The van der Waals surface area contributed by atoms with E-state index in [4.69, 9.17) is 10.1 Å². The van der Waals surface area contributed by atoms with Gasteiger partial charge >= 0.3 is 12.1 Å². The van der Waals surface area contributed by atoms with Gasteiger partial charge in [0.15, 0.2) is 5.78 Å². The number of sulfonamides is 1. The van der Waals surface area contributed by atoms with Crippen LogP contribution < -0.4 is 9.62 Å². The Balaban J connectivity index is 1.45. The van der Waals surface area contributed by atoms with E-state index in [-0.39, 0.29) is 40.7 Å². The Kier molecular flexibility index (Phi) is 9.66. The Labute approximate surface area is 271 Å². The van der Waals surface area contributed by atoms with Crippen LogP contribution in [0.2, 0.25) is 0 Å². The summed E-state index contributed by atoms with van der Waals surface area (Å²) in [5, 5.41) is 11.5. The van der Waals surface area contributed by atoms with Gasteiger partial charge in [-0.05, 0) is 49.2 Å². The van der Waals surface area contributed by atoms with Crippen LogP contribution in [0.25, 0.3) is 21.8 Å². The maximum Gasteiger partial charge on any atom is 0.412 e. The average Bonchev–Trinajstić information content (AvgIpc) is 3.41. The number of hydrogen-bond donors (Lipinski definition) is 2. The molecule has 0 unspecified atom stereocenters. The van der Waals surface area contributed by atoms with Crippen LogP contribution >= 0.6 is 0 Å². The van der Waals surface area contributed by atoms with Gasteiger partial charge in [0.05, 0.1) is 24.9 Å². The maximum atomic E-state index is 14.2. The van der Waals surface area contributed by atoms with Crippen LogP contribution in [-0.4, -0.2) is 61.9 Å². The number of rotatable bonds is 11. The lowest BCUT2D eigenvalue weighted by molar-refractivity contribution is -0.141. The Morgan fingerprint density at radius 3 is 2.49 bits per heavy atom. The van der Waals surface area contributed by atoms with E-state index in [1.165, 1.54) is 19.4 Å². The second-order valence-electron chi connectivity index (χ2n) is 10.6. The first-order chi connectivity index (χ1) is 22.5. The molecule has 0 aliphatic carbocycles. The van der Waals surface area contributed by atoms with Gasteiger partial charge in [-0.3, -0.25) is 29.6 Å². The van der Waals surface area contributed by atoms with Crippen LogP contribution in [-0.2, 0) is 37.8 Å². The van der Waals surface area contributed by atoms with E-state index in [1.807, 2.05) is 0 Å². The van der Waals surface area contributed by atoms with Gasteiger partial charge in [-0.15, -0.1) is 0 Å². The van der Waals surface area contributed by atoms with Crippen LogP contribution in [0.4, 0.5) is 10.5 Å². The number of Topliss-reactive ketones (excluding diaryl/α,β-unsaturated/α-hetero) is 1. The number of pyridine rings is 1. The fourth-order valence-corrected chi connectivity index (χ4v) is 6.82. The molecule has 242 valence electrons. The van der Waals surface area contributed by atoms with E-state index in [2.05, 4.69) is 15.0 Å². The summed E-state index contributed by atoms with van der Waals surface area (Å²) in [6.07, 6.45) is 3.04. The minimum absolute atomic E-state index is 0.0633. The lowest BCUT2D eigenvalue weighted by Gasteiger charge is -2.24. The van der Waals surface area contributed by atoms with Crippen molar-refractivity contribution in [1.82, 2.24) is 14.9 Å². The number of carbonyl (C=O) groups is 3. The number of carbonyl (C=O) groups excluding carboxylic acids is 3. The highest BCUT2D eigenvalue weighted by Gasteiger charge is 2.30. The molecule has 3 aromatic carbocycles. The van der Waals surface area contributed by atoms with Gasteiger partial charge in [-0.2, -0.15) is 0 Å². The molecule has 2 heterocycles. The van der Waals surface area contributed by atoms with Crippen LogP contribution in [0, 0.1) is 5.41 Å². The molecule has 5 rings (SSSR count). The third kappa shape index (κ3) is 6.99. The van der Waals surface area contributed by atoms with Crippen LogP contribution in [0.5, 0.6) is 0 Å². The molecule has 2 N–H and O–H groups in total. The number of amides is 1. The summed E-state index contributed by atoms with van der Waals surface area (Å²) in [5.41, 5.74) is 2.91. The zero-order valence-electron chi connectivity index (χ0n) is 26.0. The van der Waals surface area contributed by atoms with Crippen LogP contribution in [0.3, 0.4) is 0 Å². The molecule has 0 atom stereocenters. The first-order valence-electron chi connectivity index (χ1n) is 14.7. The summed E-state index contributed by atoms with van der Waals surface area (Å²) in [7, 11) is -1.31. The van der Waals surface area contributed by atoms with Crippen molar-refractivity contribution in [3.63, 3.8) is 0 Å². The number of methoxy groups -OCH3 is 1. The van der Waals surface area contributed by atoms with E-state index >= 15 is 0 Å². The van der Waals surface area contributed by atoms with Gasteiger partial charge in [0.1, 0.15) is 17.3 Å². The Morgan fingerprint density at radius 1 is 1.02 bits per heavy atom. The fourth-order valence-electron chi connectivity index (χ4n) is 5.26. The standard InChI is InChI=1S/C34H33N5O7S/c1-4-46-31(41)21-39(47(43,44)30-9-5-7-23-8-6-18-36-32(23)30)25-15-16-28-26(19-25)27(20-38(28)2)29(40)17-12-22-10-13-24(14-11-22)33(35)37-34(42)45-3/h5-11,13-16,18-20H,4,12,17,21H2,1-3H3,(H2,35,37,42). The predicted molar refractivity (Wildman–Crippen MR) is 177 cm³/mol. The number of para-hydroxylation sites is 1. The number of hydrogen-bond acceptors (Lipinski definition) is 9. The van der Waals surface area contributed by atoms with E-state index < -0.39 is 28.6 Å². The molecule has 0 aliphatic heterocycles. The van der Waals surface area contributed by atoms with Crippen molar-refractivity contribution in [2.45, 2.75) is 24.7 Å². The summed E-state index contributed by atoms with van der Waals surface area (Å²) in [4.78, 5) is 41.9. The number of aryl methyl sites for hydroxylation is 2. The first kappa shape index (κ1) is 32.8. The SMILES string of the molecule is CCOC(=O)CN(c1ccc2c(c1)c(C(=O)CCc1ccc(C(=N)NC(=O)OC)cc1)cn2C)S(=O)(=O)c1cccc2cccnc12. The third-order valence-corrected chi connectivity index (χ3v) is 9.40. The number of anilines is 1. The molecule has 0 saturated heterocycles. The summed E-state index contributed by atoms with van der Waals surface area (Å²) in [6.45, 7) is 1.14. The van der Waals surface area contributed by atoms with Crippen LogP contribution in [0.15, 0.2) is 90.1 Å². The number of aromatic nitrogens is 2. The molecule has 0 bridgehead atoms. The van der Waals surface area contributed by atoms with Gasteiger partial charge in [0.2, 0.25) is 0 Å². The Bertz CT molecular complexity index is 2100. The molecule has 0 saturated carbocycles. The Morgan fingerprint density at radius 2 is 1.77 bits per heavy atom. The summed E-state index contributed by atoms with van der Waals surface area (Å²) in [5.74, 6) is -0.993. The van der Waals surface area contributed by atoms with Gasteiger partial charge in [-0.25, -0.2) is 13.2 Å². The van der Waals surface area contributed by atoms with Crippen molar-refractivity contribution in [2.75, 3.05) is 24.6 Å². The summed E-state index contributed by atoms with van der Waals surface area (Å²) >= 11 is 0. The number of ketones is 1. The molecule has 5 aromatic rings. The predicted octanol–water partition coefficient (Wildman–Crippen LogP) is 4.98. The summed E-state index contributed by atoms with van der Waals surface area (Å²) in [6, 6.07) is 20.1. The largest absolute Gasteiger partial charge is 0.465 e. The minimum Gasteiger partial charge on any atom is -0.465 e. The number of alkyl carbamates (subject to hydrolysis) is 1. The maximum absolute atomic E-state index is 14.2. The molecule has 13 heteroatoms. The number of amidine groups is 1. The molecule has 47 heavy (non-hydrogen) atoms. The summed E-state index contributed by atoms with van der Waals surface area (Å²) < 4.78 is 40.8. The highest BCUT2D eigenvalue weighted by molar-refractivity contribution is 7.93. The van der Waals surface area contributed by atoms with Gasteiger partial charge in [0, 0.05) is 53.3 Å². The second-order valence-corrected chi connectivity index (χ2v) is 12.4. The van der Waals surface area contributed by atoms with Crippen molar-refractivity contribution in [1.29, 1.82) is 5.41 Å². The highest BCUT2D eigenvalue weighted by Crippen LogP contribution is 2.32. The van der Waals surface area contributed by atoms with E-state index in [0.29, 0.717) is 33.8 Å². The van der Waals surface area contributed by atoms with Crippen molar-refractivity contribution in [3.05, 3.63) is 102 Å². The lowest BCUT2D eigenvalue weighted by atomic mass is 10.0. The number of nitrogens with one attached hydrogen (secondary N) is 2. The first-order valence-corrected chi connectivity index (χ1v) is 16.1. The van der Waals surface area contributed by atoms with E-state index in [1.54, 1.807) is 91.5 Å². The topological polar surface area (TPSA) is 161 Å². The fraction of sp³-hybridized carbons (Fsp3) is 0.206. The zero-order valence-corrected chi connectivity index (χ0v) is 26.8. The van der Waals surface area contributed by atoms with E-state index in [0.717, 1.165) is 9.87 Å². The molecular weight excluding hydrogens is 622 g/mol. The van der Waals surface area contributed by atoms with Crippen LogP contribution in [0.1, 0.15) is 34.8 Å². The van der Waals surface area contributed by atoms with Gasteiger partial charge < -0.3 is 14.0 Å². The monoisotopic (exact) mass is 655 g/mol. The van der Waals surface area contributed by atoms with Crippen molar-refractivity contribution < 1.29 is 32.3 Å². The number of benzene rings is 3. The lowest BCUT2D eigenvalue weighted by Crippen LogP contribution is -2.36. The van der Waals surface area contributed by atoms with Crippen molar-refractivity contribution in [2.24, 2.45) is 7.05 Å².